The zero-order valence-electron chi connectivity index (χ0n) is 13.9. The van der Waals surface area contributed by atoms with Gasteiger partial charge in [-0.2, -0.15) is 0 Å². The van der Waals surface area contributed by atoms with Gasteiger partial charge in [0.05, 0.1) is 10.7 Å². The van der Waals surface area contributed by atoms with Gasteiger partial charge in [-0.1, -0.05) is 45.2 Å². The Morgan fingerprint density at radius 2 is 2.00 bits per heavy atom. The summed E-state index contributed by atoms with van der Waals surface area (Å²) in [5.74, 6) is 1.73. The molecule has 1 amide bonds. The molecule has 1 aromatic rings. The molecule has 1 aromatic carbocycles. The standard InChI is InChI=1S/C17H26N2O3S/c1-3-5-6-14(4-2)11-18-17(20)13-23-12-15-7-9-16(10-8-15)19(21)22/h7-10,14H,3-6,11-13H2,1-2H3,(H,18,20)/t14-/m1/s1. The Morgan fingerprint density at radius 3 is 2.57 bits per heavy atom. The van der Waals surface area contributed by atoms with Crippen molar-refractivity contribution in [1.29, 1.82) is 0 Å². The number of benzene rings is 1. The zero-order chi connectivity index (χ0) is 17.1. The molecule has 1 atom stereocenters. The number of nitro benzene ring substituents is 1. The molecule has 0 spiro atoms. The second-order valence-electron chi connectivity index (χ2n) is 5.64. The predicted molar refractivity (Wildman–Crippen MR) is 95.6 cm³/mol. The van der Waals surface area contributed by atoms with Crippen molar-refractivity contribution in [3.05, 3.63) is 39.9 Å². The number of carbonyl (C=O) groups is 1. The van der Waals surface area contributed by atoms with Crippen LogP contribution in [0.4, 0.5) is 5.69 Å². The lowest BCUT2D eigenvalue weighted by atomic mass is 9.99. The third kappa shape index (κ3) is 8.02. The van der Waals surface area contributed by atoms with Gasteiger partial charge in [0.1, 0.15) is 0 Å². The second-order valence-corrected chi connectivity index (χ2v) is 6.62. The summed E-state index contributed by atoms with van der Waals surface area (Å²) in [7, 11) is 0. The van der Waals surface area contributed by atoms with E-state index < -0.39 is 4.92 Å². The molecule has 0 aromatic heterocycles. The van der Waals surface area contributed by atoms with Gasteiger partial charge >= 0.3 is 0 Å². The van der Waals surface area contributed by atoms with E-state index in [1.807, 2.05) is 0 Å². The highest BCUT2D eigenvalue weighted by molar-refractivity contribution is 7.99. The molecule has 1 rings (SSSR count). The topological polar surface area (TPSA) is 72.2 Å². The minimum atomic E-state index is -0.410. The first kappa shape index (κ1) is 19.5. The Bertz CT molecular complexity index is 491. The minimum absolute atomic E-state index is 0.0619. The van der Waals surface area contributed by atoms with E-state index in [1.54, 1.807) is 12.1 Å². The highest BCUT2D eigenvalue weighted by atomic mass is 32.2. The van der Waals surface area contributed by atoms with E-state index in [2.05, 4.69) is 19.2 Å². The number of nitrogens with zero attached hydrogens (tertiary/aromatic N) is 1. The van der Waals surface area contributed by atoms with Crippen molar-refractivity contribution in [1.82, 2.24) is 5.32 Å². The molecule has 0 radical (unpaired) electrons. The summed E-state index contributed by atoms with van der Waals surface area (Å²) in [6.07, 6.45) is 4.66. The number of nitrogens with one attached hydrogen (secondary N) is 1. The number of thioether (sulfide) groups is 1. The van der Waals surface area contributed by atoms with Gasteiger partial charge in [-0.3, -0.25) is 14.9 Å². The number of non-ortho nitro benzene ring substituents is 1. The van der Waals surface area contributed by atoms with Gasteiger partial charge in [-0.25, -0.2) is 0 Å². The number of nitro groups is 1. The van der Waals surface area contributed by atoms with Crippen LogP contribution < -0.4 is 5.32 Å². The molecule has 0 aliphatic carbocycles. The predicted octanol–water partition coefficient (Wildman–Crippen LogP) is 4.16. The number of rotatable bonds is 11. The molecule has 1 N–H and O–H groups in total. The van der Waals surface area contributed by atoms with E-state index in [1.165, 1.54) is 43.2 Å². The molecule has 0 heterocycles. The molecule has 6 heteroatoms. The Labute approximate surface area is 142 Å². The summed E-state index contributed by atoms with van der Waals surface area (Å²) < 4.78 is 0. The van der Waals surface area contributed by atoms with Crippen LogP contribution in [0.5, 0.6) is 0 Å². The van der Waals surface area contributed by atoms with E-state index in [-0.39, 0.29) is 11.6 Å². The highest BCUT2D eigenvalue weighted by Gasteiger charge is 2.09. The molecule has 128 valence electrons. The first-order chi connectivity index (χ1) is 11.1. The van der Waals surface area contributed by atoms with Crippen LogP contribution >= 0.6 is 11.8 Å². The Kier molecular flexibility index (Phi) is 9.36. The SMILES string of the molecule is CCCC[C@@H](CC)CNC(=O)CSCc1ccc([N+](=O)[O-])cc1. The second kappa shape index (κ2) is 11.0. The largest absolute Gasteiger partial charge is 0.355 e. The van der Waals surface area contributed by atoms with Crippen LogP contribution in [0.1, 0.15) is 45.1 Å². The van der Waals surface area contributed by atoms with Crippen molar-refractivity contribution in [3.8, 4) is 0 Å². The van der Waals surface area contributed by atoms with Crippen molar-refractivity contribution in [2.75, 3.05) is 12.3 Å². The first-order valence-corrected chi connectivity index (χ1v) is 9.30. The third-order valence-corrected chi connectivity index (χ3v) is 4.78. The van der Waals surface area contributed by atoms with Crippen LogP contribution in [0.2, 0.25) is 0 Å². The number of carbonyl (C=O) groups excluding carboxylic acids is 1. The molecule has 0 unspecified atom stereocenters. The van der Waals surface area contributed by atoms with Gasteiger partial charge in [0.25, 0.3) is 5.69 Å². The highest BCUT2D eigenvalue weighted by Crippen LogP contribution is 2.17. The van der Waals surface area contributed by atoms with Gasteiger partial charge in [0.2, 0.25) is 5.91 Å². The summed E-state index contributed by atoms with van der Waals surface area (Å²) in [4.78, 5) is 22.0. The fourth-order valence-corrected chi connectivity index (χ4v) is 3.05. The first-order valence-electron chi connectivity index (χ1n) is 8.14. The maximum Gasteiger partial charge on any atom is 0.269 e. The average Bonchev–Trinajstić information content (AvgIpc) is 2.55. The van der Waals surface area contributed by atoms with Crippen LogP contribution in [0.25, 0.3) is 0 Å². The molecule has 0 fully saturated rings. The van der Waals surface area contributed by atoms with E-state index in [0.717, 1.165) is 18.5 Å². The number of amides is 1. The molecular weight excluding hydrogens is 312 g/mol. The molecule has 0 bridgehead atoms. The van der Waals surface area contributed by atoms with Crippen LogP contribution in [-0.2, 0) is 10.5 Å². The third-order valence-electron chi connectivity index (χ3n) is 3.78. The van der Waals surface area contributed by atoms with Crippen molar-refractivity contribution in [2.24, 2.45) is 5.92 Å². The molecular formula is C17H26N2O3S. The Morgan fingerprint density at radius 1 is 1.30 bits per heavy atom. The zero-order valence-corrected chi connectivity index (χ0v) is 14.7. The van der Waals surface area contributed by atoms with Crippen molar-refractivity contribution in [2.45, 2.75) is 45.3 Å². The van der Waals surface area contributed by atoms with E-state index in [9.17, 15) is 14.9 Å². The quantitative estimate of drug-likeness (QED) is 0.486. The monoisotopic (exact) mass is 338 g/mol. The minimum Gasteiger partial charge on any atom is -0.355 e. The van der Waals surface area contributed by atoms with E-state index >= 15 is 0 Å². The number of hydrogen-bond acceptors (Lipinski definition) is 4. The summed E-state index contributed by atoms with van der Waals surface area (Å²) in [6.45, 7) is 5.10. The lowest BCUT2D eigenvalue weighted by Crippen LogP contribution is -2.30. The summed E-state index contributed by atoms with van der Waals surface area (Å²) >= 11 is 1.52. The Hall–Kier alpha value is -1.56. The number of hydrogen-bond donors (Lipinski definition) is 1. The maximum absolute atomic E-state index is 11.8. The molecule has 0 aliphatic rings. The van der Waals surface area contributed by atoms with E-state index in [0.29, 0.717) is 17.4 Å². The van der Waals surface area contributed by atoms with Crippen LogP contribution in [0, 0.1) is 16.0 Å². The van der Waals surface area contributed by atoms with Gasteiger partial charge in [0.15, 0.2) is 0 Å². The van der Waals surface area contributed by atoms with Crippen molar-refractivity contribution in [3.63, 3.8) is 0 Å². The summed E-state index contributed by atoms with van der Waals surface area (Å²) in [6, 6.07) is 6.47. The van der Waals surface area contributed by atoms with E-state index in [4.69, 9.17) is 0 Å². The van der Waals surface area contributed by atoms with Crippen LogP contribution in [-0.4, -0.2) is 23.1 Å². The van der Waals surface area contributed by atoms with Gasteiger partial charge in [-0.15, -0.1) is 11.8 Å². The smallest absolute Gasteiger partial charge is 0.269 e. The van der Waals surface area contributed by atoms with Crippen molar-refractivity contribution < 1.29 is 9.72 Å². The molecule has 0 aliphatic heterocycles. The molecule has 23 heavy (non-hydrogen) atoms. The summed E-state index contributed by atoms with van der Waals surface area (Å²) in [5, 5.41) is 13.6. The van der Waals surface area contributed by atoms with Crippen LogP contribution in [0.3, 0.4) is 0 Å². The summed E-state index contributed by atoms with van der Waals surface area (Å²) in [5.41, 5.74) is 1.08. The molecule has 0 saturated heterocycles. The lowest BCUT2D eigenvalue weighted by Gasteiger charge is -2.15. The maximum atomic E-state index is 11.8. The lowest BCUT2D eigenvalue weighted by molar-refractivity contribution is -0.384. The molecule has 5 nitrogen and oxygen atoms in total. The van der Waals surface area contributed by atoms with Crippen molar-refractivity contribution >= 4 is 23.4 Å². The number of unbranched alkanes of at least 4 members (excludes halogenated alkanes) is 1. The average molecular weight is 338 g/mol. The van der Waals surface area contributed by atoms with Gasteiger partial charge < -0.3 is 5.32 Å². The van der Waals surface area contributed by atoms with Gasteiger partial charge in [-0.05, 0) is 17.9 Å². The van der Waals surface area contributed by atoms with Gasteiger partial charge in [0, 0.05) is 24.4 Å². The Balaban J connectivity index is 2.24. The fraction of sp³-hybridized carbons (Fsp3) is 0.588. The fourth-order valence-electron chi connectivity index (χ4n) is 2.23. The van der Waals surface area contributed by atoms with Crippen LogP contribution in [0.15, 0.2) is 24.3 Å². The molecule has 0 saturated carbocycles. The normalized spacial score (nSPS) is 11.9.